The Kier molecular flexibility index (Phi) is 2.45. The van der Waals surface area contributed by atoms with Gasteiger partial charge in [-0.25, -0.2) is 4.68 Å². The van der Waals surface area contributed by atoms with Crippen molar-refractivity contribution < 1.29 is 0 Å². The lowest BCUT2D eigenvalue weighted by Crippen LogP contribution is -1.92. The van der Waals surface area contributed by atoms with Crippen molar-refractivity contribution in [3.63, 3.8) is 0 Å². The molecule has 1 aromatic heterocycles. The summed E-state index contributed by atoms with van der Waals surface area (Å²) in [5, 5.41) is 4.27. The van der Waals surface area contributed by atoms with E-state index < -0.39 is 0 Å². The summed E-state index contributed by atoms with van der Waals surface area (Å²) in [5.74, 6) is 0. The molecule has 0 saturated heterocycles. The van der Waals surface area contributed by atoms with Crippen LogP contribution in [-0.2, 0) is 6.42 Å². The van der Waals surface area contributed by atoms with Crippen molar-refractivity contribution in [2.75, 3.05) is 0 Å². The monoisotopic (exact) mass is 184 g/mol. The van der Waals surface area contributed by atoms with E-state index >= 15 is 0 Å². The van der Waals surface area contributed by atoms with E-state index in [0.717, 1.165) is 12.1 Å². The van der Waals surface area contributed by atoms with Crippen LogP contribution in [0.25, 0.3) is 5.69 Å². The highest BCUT2D eigenvalue weighted by atomic mass is 15.3. The van der Waals surface area contributed by atoms with Crippen LogP contribution in [0.15, 0.2) is 55.4 Å². The van der Waals surface area contributed by atoms with E-state index in [0.29, 0.717) is 0 Å². The van der Waals surface area contributed by atoms with Crippen LogP contribution in [0.2, 0.25) is 0 Å². The Balaban J connectivity index is 2.29. The molecule has 0 bridgehead atoms. The number of allylic oxidation sites excluding steroid dienone is 1. The minimum atomic E-state index is 0.868. The van der Waals surface area contributed by atoms with Crippen molar-refractivity contribution >= 4 is 0 Å². The van der Waals surface area contributed by atoms with Gasteiger partial charge in [0.1, 0.15) is 0 Å². The molecule has 14 heavy (non-hydrogen) atoms. The van der Waals surface area contributed by atoms with Crippen LogP contribution in [0, 0.1) is 0 Å². The summed E-state index contributed by atoms with van der Waals surface area (Å²) in [4.78, 5) is 0. The summed E-state index contributed by atoms with van der Waals surface area (Å²) < 4.78 is 1.87. The van der Waals surface area contributed by atoms with E-state index in [1.54, 1.807) is 0 Å². The zero-order chi connectivity index (χ0) is 9.80. The minimum absolute atomic E-state index is 0.868. The molecule has 0 amide bonds. The van der Waals surface area contributed by atoms with Crippen LogP contribution in [0.4, 0.5) is 0 Å². The standard InChI is InChI=1S/C12H12N2/c1-2-6-11-9-13-14(10-11)12-7-4-3-5-8-12/h2-5,7-10H,1,6H2. The second kappa shape index (κ2) is 3.92. The maximum atomic E-state index is 4.27. The first-order chi connectivity index (χ1) is 6.90. The molecule has 0 N–H and O–H groups in total. The molecule has 0 fully saturated rings. The Morgan fingerprint density at radius 3 is 2.79 bits per heavy atom. The third kappa shape index (κ3) is 1.74. The van der Waals surface area contributed by atoms with E-state index in [4.69, 9.17) is 0 Å². The fourth-order valence-electron chi connectivity index (χ4n) is 1.35. The third-order valence-electron chi connectivity index (χ3n) is 2.04. The Bertz CT molecular complexity index is 415. The van der Waals surface area contributed by atoms with Crippen LogP contribution < -0.4 is 0 Å². The van der Waals surface area contributed by atoms with Gasteiger partial charge >= 0.3 is 0 Å². The van der Waals surface area contributed by atoms with Crippen molar-refractivity contribution in [2.45, 2.75) is 6.42 Å². The van der Waals surface area contributed by atoms with Gasteiger partial charge in [0.2, 0.25) is 0 Å². The van der Waals surface area contributed by atoms with Gasteiger partial charge in [-0.15, -0.1) is 6.58 Å². The summed E-state index contributed by atoms with van der Waals surface area (Å²) in [7, 11) is 0. The highest BCUT2D eigenvalue weighted by Crippen LogP contribution is 2.07. The highest BCUT2D eigenvalue weighted by molar-refractivity contribution is 5.31. The van der Waals surface area contributed by atoms with Gasteiger partial charge in [0, 0.05) is 6.20 Å². The van der Waals surface area contributed by atoms with Gasteiger partial charge in [-0.05, 0) is 24.1 Å². The molecular formula is C12H12N2. The SMILES string of the molecule is C=CCc1cnn(-c2ccccc2)c1. The zero-order valence-electron chi connectivity index (χ0n) is 7.93. The van der Waals surface area contributed by atoms with E-state index in [9.17, 15) is 0 Å². The quantitative estimate of drug-likeness (QED) is 0.670. The van der Waals surface area contributed by atoms with Crippen LogP contribution in [0.1, 0.15) is 5.56 Å². The molecule has 0 aliphatic carbocycles. The average molecular weight is 184 g/mol. The number of hydrogen-bond donors (Lipinski definition) is 0. The lowest BCUT2D eigenvalue weighted by atomic mass is 10.2. The average Bonchev–Trinajstić information content (AvgIpc) is 2.68. The number of rotatable bonds is 3. The smallest absolute Gasteiger partial charge is 0.0645 e. The van der Waals surface area contributed by atoms with Crippen LogP contribution in [-0.4, -0.2) is 9.78 Å². The zero-order valence-corrected chi connectivity index (χ0v) is 7.93. The van der Waals surface area contributed by atoms with Crippen molar-refractivity contribution in [3.05, 3.63) is 60.9 Å². The van der Waals surface area contributed by atoms with Crippen LogP contribution >= 0.6 is 0 Å². The Morgan fingerprint density at radius 2 is 2.07 bits per heavy atom. The first kappa shape index (κ1) is 8.75. The molecule has 70 valence electrons. The number of nitrogens with zero attached hydrogens (tertiary/aromatic N) is 2. The minimum Gasteiger partial charge on any atom is -0.241 e. The summed E-state index contributed by atoms with van der Waals surface area (Å²) >= 11 is 0. The molecule has 0 radical (unpaired) electrons. The topological polar surface area (TPSA) is 17.8 Å². The van der Waals surface area contributed by atoms with Crippen molar-refractivity contribution in [3.8, 4) is 5.69 Å². The summed E-state index contributed by atoms with van der Waals surface area (Å²) in [6, 6.07) is 10.1. The molecule has 0 saturated carbocycles. The van der Waals surface area contributed by atoms with E-state index in [-0.39, 0.29) is 0 Å². The molecule has 1 aromatic carbocycles. The maximum Gasteiger partial charge on any atom is 0.0645 e. The highest BCUT2D eigenvalue weighted by Gasteiger charge is 1.97. The largest absolute Gasteiger partial charge is 0.241 e. The second-order valence-electron chi connectivity index (χ2n) is 3.12. The molecule has 0 atom stereocenters. The van der Waals surface area contributed by atoms with E-state index in [2.05, 4.69) is 11.7 Å². The summed E-state index contributed by atoms with van der Waals surface area (Å²) in [5.41, 5.74) is 2.27. The summed E-state index contributed by atoms with van der Waals surface area (Å²) in [6.07, 6.45) is 6.64. The Labute approximate surface area is 83.5 Å². The van der Waals surface area contributed by atoms with Gasteiger partial charge in [0.15, 0.2) is 0 Å². The number of aromatic nitrogens is 2. The molecule has 0 unspecified atom stereocenters. The Morgan fingerprint density at radius 1 is 1.29 bits per heavy atom. The fourth-order valence-corrected chi connectivity index (χ4v) is 1.35. The predicted octanol–water partition coefficient (Wildman–Crippen LogP) is 2.60. The molecule has 0 aliphatic rings. The van der Waals surface area contributed by atoms with Gasteiger partial charge in [0.25, 0.3) is 0 Å². The molecule has 0 spiro atoms. The lowest BCUT2D eigenvalue weighted by molar-refractivity contribution is 0.880. The van der Waals surface area contributed by atoms with Crippen molar-refractivity contribution in [1.29, 1.82) is 0 Å². The number of hydrogen-bond acceptors (Lipinski definition) is 1. The van der Waals surface area contributed by atoms with Gasteiger partial charge in [0.05, 0.1) is 11.9 Å². The number of benzene rings is 1. The molecule has 2 rings (SSSR count). The lowest BCUT2D eigenvalue weighted by Gasteiger charge is -1.98. The van der Waals surface area contributed by atoms with Gasteiger partial charge < -0.3 is 0 Å². The summed E-state index contributed by atoms with van der Waals surface area (Å²) in [6.45, 7) is 3.70. The van der Waals surface area contributed by atoms with Crippen LogP contribution in [0.5, 0.6) is 0 Å². The van der Waals surface area contributed by atoms with Crippen LogP contribution in [0.3, 0.4) is 0 Å². The first-order valence-corrected chi connectivity index (χ1v) is 4.60. The Hall–Kier alpha value is -1.83. The van der Waals surface area contributed by atoms with Gasteiger partial charge in [-0.2, -0.15) is 5.10 Å². The molecule has 0 aliphatic heterocycles. The normalized spacial score (nSPS) is 10.0. The molecule has 2 heteroatoms. The number of para-hydroxylation sites is 1. The first-order valence-electron chi connectivity index (χ1n) is 4.60. The fraction of sp³-hybridized carbons (Fsp3) is 0.0833. The third-order valence-corrected chi connectivity index (χ3v) is 2.04. The molecule has 2 nitrogen and oxygen atoms in total. The molecule has 2 aromatic rings. The van der Waals surface area contributed by atoms with Gasteiger partial charge in [-0.3, -0.25) is 0 Å². The maximum absolute atomic E-state index is 4.27. The van der Waals surface area contributed by atoms with E-state index in [1.807, 2.05) is 53.5 Å². The van der Waals surface area contributed by atoms with Gasteiger partial charge in [-0.1, -0.05) is 24.3 Å². The van der Waals surface area contributed by atoms with E-state index in [1.165, 1.54) is 5.56 Å². The predicted molar refractivity (Wildman–Crippen MR) is 57.5 cm³/mol. The van der Waals surface area contributed by atoms with Crippen molar-refractivity contribution in [1.82, 2.24) is 9.78 Å². The molecule has 1 heterocycles. The van der Waals surface area contributed by atoms with Crippen molar-refractivity contribution in [2.24, 2.45) is 0 Å². The second-order valence-corrected chi connectivity index (χ2v) is 3.12. The molecular weight excluding hydrogens is 172 g/mol.